The Bertz CT molecular complexity index is 1150. The van der Waals surface area contributed by atoms with Gasteiger partial charge in [0.15, 0.2) is 17.6 Å². The van der Waals surface area contributed by atoms with E-state index in [2.05, 4.69) is 10.4 Å². The van der Waals surface area contributed by atoms with Crippen molar-refractivity contribution in [3.05, 3.63) is 77.1 Å². The minimum absolute atomic E-state index is 0.0987. The fourth-order valence-corrected chi connectivity index (χ4v) is 3.71. The molecule has 7 heteroatoms. The third-order valence-corrected chi connectivity index (χ3v) is 5.31. The number of hydrogen-bond donors (Lipinski definition) is 1. The highest BCUT2D eigenvalue weighted by molar-refractivity contribution is 5.99. The maximum atomic E-state index is 12.8. The van der Waals surface area contributed by atoms with E-state index in [1.54, 1.807) is 28.9 Å². The lowest BCUT2D eigenvalue weighted by Crippen LogP contribution is -2.30. The molecular weight excluding hydrogens is 394 g/mol. The molecule has 0 saturated carbocycles. The van der Waals surface area contributed by atoms with Gasteiger partial charge in [-0.2, -0.15) is 5.10 Å². The van der Waals surface area contributed by atoms with Gasteiger partial charge in [-0.05, 0) is 57.4 Å². The number of hydrogen-bond acceptors (Lipinski definition) is 5. The van der Waals surface area contributed by atoms with Crippen LogP contribution in [-0.2, 0) is 22.4 Å². The zero-order valence-corrected chi connectivity index (χ0v) is 17.4. The van der Waals surface area contributed by atoms with Gasteiger partial charge in [0.05, 0.1) is 5.69 Å². The Balaban J connectivity index is 1.49. The smallest absolute Gasteiger partial charge is 0.359 e. The molecule has 7 nitrogen and oxygen atoms in total. The number of Topliss-reactive ketones (excluding diaryl/α,β-unsaturated/α-hetero) is 1. The number of carbonyl (C=O) groups excluding carboxylic acids is 3. The molecule has 2 aromatic carbocycles. The number of benzene rings is 2. The van der Waals surface area contributed by atoms with Gasteiger partial charge in [-0.3, -0.25) is 9.59 Å². The molecule has 0 fully saturated rings. The summed E-state index contributed by atoms with van der Waals surface area (Å²) in [5.41, 5.74) is 4.00. The molecule has 3 aromatic rings. The van der Waals surface area contributed by atoms with Crippen LogP contribution >= 0.6 is 0 Å². The number of fused-ring (bicyclic) bond motifs is 1. The molecule has 1 unspecified atom stereocenters. The predicted octanol–water partition coefficient (Wildman–Crippen LogP) is 3.75. The molecular formula is C24H23N3O4. The molecule has 1 aromatic heterocycles. The Morgan fingerprint density at radius 2 is 1.84 bits per heavy atom. The standard InChI is InChI=1S/C24H23N3O4/c1-15(28)17-8-6-9-18(14-17)25-23(29)16(2)31-24(30)22-20-12-7-13-21(20)27(26-22)19-10-4-3-5-11-19/h3-6,8-11,14,16H,7,12-13H2,1-2H3,(H,25,29). The quantitative estimate of drug-likeness (QED) is 0.487. The van der Waals surface area contributed by atoms with Gasteiger partial charge in [-0.25, -0.2) is 9.48 Å². The number of amides is 1. The average molecular weight is 417 g/mol. The van der Waals surface area contributed by atoms with Crippen molar-refractivity contribution in [3.8, 4) is 5.69 Å². The minimum Gasteiger partial charge on any atom is -0.448 e. The number of aromatic nitrogens is 2. The van der Waals surface area contributed by atoms with Gasteiger partial charge in [0.1, 0.15) is 0 Å². The number of ketones is 1. The maximum Gasteiger partial charge on any atom is 0.359 e. The number of carbonyl (C=O) groups is 3. The number of rotatable bonds is 6. The summed E-state index contributed by atoms with van der Waals surface area (Å²) in [5.74, 6) is -1.19. The van der Waals surface area contributed by atoms with Crippen LogP contribution in [0.2, 0.25) is 0 Å². The third kappa shape index (κ3) is 4.26. The zero-order chi connectivity index (χ0) is 22.0. The number of anilines is 1. The Morgan fingerprint density at radius 3 is 2.58 bits per heavy atom. The Labute approximate surface area is 180 Å². The van der Waals surface area contributed by atoms with Crippen molar-refractivity contribution in [1.82, 2.24) is 9.78 Å². The van der Waals surface area contributed by atoms with Crippen LogP contribution in [0.5, 0.6) is 0 Å². The molecule has 1 amide bonds. The second-order valence-electron chi connectivity index (χ2n) is 7.55. The first-order valence-corrected chi connectivity index (χ1v) is 10.2. The summed E-state index contributed by atoms with van der Waals surface area (Å²) >= 11 is 0. The van der Waals surface area contributed by atoms with Crippen molar-refractivity contribution in [2.75, 3.05) is 5.32 Å². The Hall–Kier alpha value is -3.74. The molecule has 1 heterocycles. The van der Waals surface area contributed by atoms with Gasteiger partial charge in [-0.15, -0.1) is 0 Å². The van der Waals surface area contributed by atoms with Crippen LogP contribution in [0, 0.1) is 0 Å². The second-order valence-corrected chi connectivity index (χ2v) is 7.55. The highest BCUT2D eigenvalue weighted by Crippen LogP contribution is 2.28. The largest absolute Gasteiger partial charge is 0.448 e. The highest BCUT2D eigenvalue weighted by Gasteiger charge is 2.29. The van der Waals surface area contributed by atoms with E-state index in [-0.39, 0.29) is 11.5 Å². The van der Waals surface area contributed by atoms with Gasteiger partial charge in [0.2, 0.25) is 0 Å². The van der Waals surface area contributed by atoms with E-state index in [1.165, 1.54) is 13.8 Å². The first-order chi connectivity index (χ1) is 14.9. The molecule has 0 bridgehead atoms. The summed E-state index contributed by atoms with van der Waals surface area (Å²) in [4.78, 5) is 36.9. The van der Waals surface area contributed by atoms with E-state index in [9.17, 15) is 14.4 Å². The van der Waals surface area contributed by atoms with E-state index < -0.39 is 18.0 Å². The van der Waals surface area contributed by atoms with Crippen molar-refractivity contribution in [2.45, 2.75) is 39.2 Å². The van der Waals surface area contributed by atoms with Gasteiger partial charge < -0.3 is 10.1 Å². The van der Waals surface area contributed by atoms with E-state index in [0.29, 0.717) is 11.3 Å². The van der Waals surface area contributed by atoms with Crippen LogP contribution in [0.4, 0.5) is 5.69 Å². The monoisotopic (exact) mass is 417 g/mol. The van der Waals surface area contributed by atoms with Crippen molar-refractivity contribution in [1.29, 1.82) is 0 Å². The summed E-state index contributed by atoms with van der Waals surface area (Å²) in [5, 5.41) is 7.19. The van der Waals surface area contributed by atoms with E-state index in [4.69, 9.17) is 4.74 Å². The molecule has 4 rings (SSSR count). The third-order valence-electron chi connectivity index (χ3n) is 5.31. The molecule has 158 valence electrons. The SMILES string of the molecule is CC(=O)c1cccc(NC(=O)C(C)OC(=O)c2nn(-c3ccccc3)c3c2CCC3)c1. The minimum atomic E-state index is -1.02. The number of nitrogens with zero attached hydrogens (tertiary/aromatic N) is 2. The van der Waals surface area contributed by atoms with E-state index in [1.807, 2.05) is 30.3 Å². The molecule has 1 aliphatic carbocycles. The van der Waals surface area contributed by atoms with Gasteiger partial charge in [0, 0.05) is 22.5 Å². The van der Waals surface area contributed by atoms with Crippen LogP contribution in [0.1, 0.15) is 52.4 Å². The molecule has 0 spiro atoms. The van der Waals surface area contributed by atoms with E-state index >= 15 is 0 Å². The van der Waals surface area contributed by atoms with Crippen LogP contribution in [0.3, 0.4) is 0 Å². The molecule has 1 aliphatic rings. The van der Waals surface area contributed by atoms with Crippen molar-refractivity contribution >= 4 is 23.3 Å². The Kier molecular flexibility index (Phi) is 5.66. The molecule has 0 radical (unpaired) electrons. The van der Waals surface area contributed by atoms with Crippen molar-refractivity contribution < 1.29 is 19.1 Å². The van der Waals surface area contributed by atoms with Gasteiger partial charge >= 0.3 is 5.97 Å². The Morgan fingerprint density at radius 1 is 1.06 bits per heavy atom. The van der Waals surface area contributed by atoms with Crippen LogP contribution in [0.15, 0.2) is 54.6 Å². The lowest BCUT2D eigenvalue weighted by molar-refractivity contribution is -0.123. The molecule has 1 N–H and O–H groups in total. The van der Waals surface area contributed by atoms with Crippen LogP contribution in [-0.4, -0.2) is 33.5 Å². The lowest BCUT2D eigenvalue weighted by Gasteiger charge is -2.13. The first-order valence-electron chi connectivity index (χ1n) is 10.2. The van der Waals surface area contributed by atoms with Crippen LogP contribution < -0.4 is 5.32 Å². The second kappa shape index (κ2) is 8.55. The molecule has 31 heavy (non-hydrogen) atoms. The number of ether oxygens (including phenoxy) is 1. The summed E-state index contributed by atoms with van der Waals surface area (Å²) in [6.45, 7) is 2.97. The summed E-state index contributed by atoms with van der Waals surface area (Å²) in [6.07, 6.45) is 1.52. The molecule has 0 aliphatic heterocycles. The molecule has 0 saturated heterocycles. The van der Waals surface area contributed by atoms with E-state index in [0.717, 1.165) is 36.2 Å². The number of para-hydroxylation sites is 1. The first kappa shape index (κ1) is 20.5. The average Bonchev–Trinajstić information content (AvgIpc) is 3.37. The summed E-state index contributed by atoms with van der Waals surface area (Å²) < 4.78 is 7.22. The predicted molar refractivity (Wildman–Crippen MR) is 116 cm³/mol. The maximum absolute atomic E-state index is 12.8. The number of nitrogens with one attached hydrogen (secondary N) is 1. The topological polar surface area (TPSA) is 90.3 Å². The fraction of sp³-hybridized carbons (Fsp3) is 0.250. The van der Waals surface area contributed by atoms with Crippen molar-refractivity contribution in [2.24, 2.45) is 0 Å². The highest BCUT2D eigenvalue weighted by atomic mass is 16.5. The fourth-order valence-electron chi connectivity index (χ4n) is 3.71. The zero-order valence-electron chi connectivity index (χ0n) is 17.4. The lowest BCUT2D eigenvalue weighted by atomic mass is 10.1. The van der Waals surface area contributed by atoms with Crippen LogP contribution in [0.25, 0.3) is 5.69 Å². The normalized spacial score (nSPS) is 13.4. The van der Waals surface area contributed by atoms with Gasteiger partial charge in [0.25, 0.3) is 5.91 Å². The van der Waals surface area contributed by atoms with Crippen molar-refractivity contribution in [3.63, 3.8) is 0 Å². The summed E-state index contributed by atoms with van der Waals surface area (Å²) in [7, 11) is 0. The van der Waals surface area contributed by atoms with Gasteiger partial charge in [-0.1, -0.05) is 30.3 Å². The number of esters is 1. The summed E-state index contributed by atoms with van der Waals surface area (Å²) in [6, 6.07) is 16.3. The molecule has 1 atom stereocenters.